The topological polar surface area (TPSA) is 61.4 Å². The van der Waals surface area contributed by atoms with Crippen LogP contribution >= 0.6 is 12.4 Å². The molecule has 0 aliphatic carbocycles. The molecule has 1 aromatic rings. The third-order valence-electron chi connectivity index (χ3n) is 4.04. The number of carbonyl (C=O) groups is 2. The quantitative estimate of drug-likeness (QED) is 0.886. The third-order valence-corrected chi connectivity index (χ3v) is 4.04. The van der Waals surface area contributed by atoms with Crippen molar-refractivity contribution in [1.29, 1.82) is 0 Å². The monoisotopic (exact) mass is 325 g/mol. The van der Waals surface area contributed by atoms with Crippen LogP contribution in [0.4, 0.5) is 0 Å². The molecule has 0 bridgehead atoms. The number of amides is 2. The van der Waals surface area contributed by atoms with Crippen LogP contribution in [0.2, 0.25) is 0 Å². The normalized spacial score (nSPS) is 21.0. The molecular formula is C16H24ClN3O2. The lowest BCUT2D eigenvalue weighted by Gasteiger charge is -2.38. The van der Waals surface area contributed by atoms with Crippen molar-refractivity contribution in [2.24, 2.45) is 0 Å². The highest BCUT2D eigenvalue weighted by Crippen LogP contribution is 2.14. The Bertz CT molecular complexity index is 519. The Kier molecular flexibility index (Phi) is 6.84. The van der Waals surface area contributed by atoms with E-state index < -0.39 is 0 Å². The van der Waals surface area contributed by atoms with Gasteiger partial charge in [0.2, 0.25) is 5.91 Å². The van der Waals surface area contributed by atoms with Crippen molar-refractivity contribution < 1.29 is 9.59 Å². The van der Waals surface area contributed by atoms with E-state index in [-0.39, 0.29) is 30.3 Å². The van der Waals surface area contributed by atoms with Crippen molar-refractivity contribution in [3.63, 3.8) is 0 Å². The standard InChI is InChI=1S/C16H23N3O2.ClH/c1-11-12(2)19(9-8-17-11)16(21)15-6-4-14(5-7-15)10-18-13(3)20;/h4-7,11-12,17H,8-10H2,1-3H3,(H,18,20);1H. The largest absolute Gasteiger partial charge is 0.352 e. The Labute approximate surface area is 137 Å². The van der Waals surface area contributed by atoms with Crippen molar-refractivity contribution in [3.05, 3.63) is 35.4 Å². The maximum atomic E-state index is 12.6. The first-order valence-electron chi connectivity index (χ1n) is 7.37. The number of carbonyl (C=O) groups excluding carboxylic acids is 2. The van der Waals surface area contributed by atoms with Gasteiger partial charge in [0.25, 0.3) is 5.91 Å². The molecule has 2 N–H and O–H groups in total. The van der Waals surface area contributed by atoms with Gasteiger partial charge >= 0.3 is 0 Å². The molecule has 2 unspecified atom stereocenters. The molecule has 22 heavy (non-hydrogen) atoms. The summed E-state index contributed by atoms with van der Waals surface area (Å²) in [7, 11) is 0. The average Bonchev–Trinajstić information content (AvgIpc) is 2.48. The summed E-state index contributed by atoms with van der Waals surface area (Å²) in [5.74, 6) is 0.0145. The first kappa shape index (κ1) is 18.5. The van der Waals surface area contributed by atoms with E-state index in [1.807, 2.05) is 29.2 Å². The Balaban J connectivity index is 0.00000242. The van der Waals surface area contributed by atoms with Gasteiger partial charge in [0.15, 0.2) is 0 Å². The highest BCUT2D eigenvalue weighted by atomic mass is 35.5. The molecule has 0 radical (unpaired) electrons. The van der Waals surface area contributed by atoms with Gasteiger partial charge in [0, 0.05) is 44.2 Å². The summed E-state index contributed by atoms with van der Waals surface area (Å²) >= 11 is 0. The van der Waals surface area contributed by atoms with Gasteiger partial charge in [-0.3, -0.25) is 9.59 Å². The fourth-order valence-electron chi connectivity index (χ4n) is 2.50. The van der Waals surface area contributed by atoms with Crippen LogP contribution in [0.5, 0.6) is 0 Å². The molecule has 6 heteroatoms. The maximum absolute atomic E-state index is 12.6. The minimum absolute atomic E-state index is 0. The van der Waals surface area contributed by atoms with Gasteiger partial charge in [-0.25, -0.2) is 0 Å². The summed E-state index contributed by atoms with van der Waals surface area (Å²) in [6.07, 6.45) is 0. The van der Waals surface area contributed by atoms with E-state index in [2.05, 4.69) is 24.5 Å². The van der Waals surface area contributed by atoms with Gasteiger partial charge < -0.3 is 15.5 Å². The summed E-state index contributed by atoms with van der Waals surface area (Å²) < 4.78 is 0. The van der Waals surface area contributed by atoms with Gasteiger partial charge in [-0.05, 0) is 31.5 Å². The molecule has 2 amide bonds. The van der Waals surface area contributed by atoms with E-state index in [1.54, 1.807) is 0 Å². The fourth-order valence-corrected chi connectivity index (χ4v) is 2.50. The number of nitrogens with zero attached hydrogens (tertiary/aromatic N) is 1. The second-order valence-corrected chi connectivity index (χ2v) is 5.59. The van der Waals surface area contributed by atoms with Gasteiger partial charge in [-0.15, -0.1) is 12.4 Å². The highest BCUT2D eigenvalue weighted by Gasteiger charge is 2.28. The molecular weight excluding hydrogens is 302 g/mol. The number of hydrogen-bond acceptors (Lipinski definition) is 3. The molecule has 1 aliphatic heterocycles. The van der Waals surface area contributed by atoms with Crippen molar-refractivity contribution in [3.8, 4) is 0 Å². The molecule has 2 rings (SSSR count). The molecule has 2 atom stereocenters. The molecule has 1 aromatic carbocycles. The van der Waals surface area contributed by atoms with Crippen LogP contribution in [0.15, 0.2) is 24.3 Å². The van der Waals surface area contributed by atoms with Crippen LogP contribution in [0, 0.1) is 0 Å². The number of halogens is 1. The van der Waals surface area contributed by atoms with Crippen LogP contribution in [0.25, 0.3) is 0 Å². The summed E-state index contributed by atoms with van der Waals surface area (Å²) in [5, 5.41) is 6.11. The zero-order valence-electron chi connectivity index (χ0n) is 13.3. The molecule has 1 heterocycles. The summed E-state index contributed by atoms with van der Waals surface area (Å²) in [6, 6.07) is 7.93. The first-order chi connectivity index (χ1) is 9.99. The summed E-state index contributed by atoms with van der Waals surface area (Å²) in [5.41, 5.74) is 1.69. The van der Waals surface area contributed by atoms with Crippen molar-refractivity contribution in [2.75, 3.05) is 13.1 Å². The number of piperazine rings is 1. The van der Waals surface area contributed by atoms with E-state index in [0.29, 0.717) is 18.2 Å². The number of nitrogens with one attached hydrogen (secondary N) is 2. The third kappa shape index (κ3) is 4.45. The smallest absolute Gasteiger partial charge is 0.254 e. The van der Waals surface area contributed by atoms with Gasteiger partial charge in [-0.1, -0.05) is 12.1 Å². The second kappa shape index (κ2) is 8.15. The van der Waals surface area contributed by atoms with Crippen LogP contribution in [0.1, 0.15) is 36.7 Å². The van der Waals surface area contributed by atoms with Gasteiger partial charge in [-0.2, -0.15) is 0 Å². The zero-order chi connectivity index (χ0) is 15.4. The van der Waals surface area contributed by atoms with E-state index in [4.69, 9.17) is 0 Å². The van der Waals surface area contributed by atoms with E-state index in [0.717, 1.165) is 18.7 Å². The van der Waals surface area contributed by atoms with Crippen LogP contribution < -0.4 is 10.6 Å². The fraction of sp³-hybridized carbons (Fsp3) is 0.500. The molecule has 1 saturated heterocycles. The lowest BCUT2D eigenvalue weighted by molar-refractivity contribution is -0.119. The van der Waals surface area contributed by atoms with Gasteiger partial charge in [0.1, 0.15) is 0 Å². The molecule has 5 nitrogen and oxygen atoms in total. The number of rotatable bonds is 3. The summed E-state index contributed by atoms with van der Waals surface area (Å²) in [4.78, 5) is 25.4. The zero-order valence-corrected chi connectivity index (χ0v) is 14.1. The lowest BCUT2D eigenvalue weighted by atomic mass is 10.0. The SMILES string of the molecule is CC(=O)NCc1ccc(C(=O)N2CCNC(C)C2C)cc1.Cl. The van der Waals surface area contributed by atoms with E-state index >= 15 is 0 Å². The Hall–Kier alpha value is -1.59. The van der Waals surface area contributed by atoms with Crippen molar-refractivity contribution in [1.82, 2.24) is 15.5 Å². The van der Waals surface area contributed by atoms with Crippen molar-refractivity contribution >= 4 is 24.2 Å². The van der Waals surface area contributed by atoms with Crippen LogP contribution in [-0.2, 0) is 11.3 Å². The molecule has 1 aliphatic rings. The lowest BCUT2D eigenvalue weighted by Crippen LogP contribution is -2.57. The van der Waals surface area contributed by atoms with Crippen molar-refractivity contribution in [2.45, 2.75) is 39.4 Å². The molecule has 1 fully saturated rings. The number of benzene rings is 1. The van der Waals surface area contributed by atoms with Crippen LogP contribution in [0.3, 0.4) is 0 Å². The maximum Gasteiger partial charge on any atom is 0.254 e. The molecule has 0 spiro atoms. The predicted octanol–water partition coefficient (Wildman–Crippen LogP) is 1.57. The Morgan fingerprint density at radius 2 is 1.91 bits per heavy atom. The summed E-state index contributed by atoms with van der Waals surface area (Å²) in [6.45, 7) is 7.71. The highest BCUT2D eigenvalue weighted by molar-refractivity contribution is 5.94. The Morgan fingerprint density at radius 3 is 2.50 bits per heavy atom. The Morgan fingerprint density at radius 1 is 1.27 bits per heavy atom. The molecule has 0 aromatic heterocycles. The number of hydrogen-bond donors (Lipinski definition) is 2. The minimum Gasteiger partial charge on any atom is -0.352 e. The van der Waals surface area contributed by atoms with Crippen LogP contribution in [-0.4, -0.2) is 41.9 Å². The average molecular weight is 326 g/mol. The van der Waals surface area contributed by atoms with Gasteiger partial charge in [0.05, 0.1) is 0 Å². The molecule has 0 saturated carbocycles. The first-order valence-corrected chi connectivity index (χ1v) is 7.37. The van der Waals surface area contributed by atoms with E-state index in [9.17, 15) is 9.59 Å². The van der Waals surface area contributed by atoms with E-state index in [1.165, 1.54) is 6.92 Å². The predicted molar refractivity (Wildman–Crippen MR) is 89.2 cm³/mol. The minimum atomic E-state index is -0.0567. The molecule has 122 valence electrons. The second-order valence-electron chi connectivity index (χ2n) is 5.59.